The average molecular weight is 513 g/mol. The number of rotatable bonds is 5. The smallest absolute Gasteiger partial charge is 0.243 e. The maximum absolute atomic E-state index is 13.1. The van der Waals surface area contributed by atoms with Gasteiger partial charge in [0.15, 0.2) is 0 Å². The molecule has 0 bridgehead atoms. The average Bonchev–Trinajstić information content (AvgIpc) is 2.84. The van der Waals surface area contributed by atoms with Crippen molar-refractivity contribution in [3.63, 3.8) is 0 Å². The lowest BCUT2D eigenvalue weighted by molar-refractivity contribution is 0.384. The molecule has 5 rings (SSSR count). The number of benzene rings is 3. The van der Waals surface area contributed by atoms with Crippen molar-refractivity contribution < 1.29 is 8.42 Å². The maximum atomic E-state index is 13.1. The number of aromatic nitrogens is 2. The molecule has 0 unspecified atom stereocenters. The van der Waals surface area contributed by atoms with Crippen LogP contribution in [-0.4, -0.2) is 48.9 Å². The molecule has 1 aliphatic rings. The number of halogens is 2. The first-order valence-electron chi connectivity index (χ1n) is 10.9. The Bertz CT molecular complexity index is 1420. The fraction of sp³-hybridized carbons (Fsp3) is 0.200. The van der Waals surface area contributed by atoms with Gasteiger partial charge in [-0.05, 0) is 48.0 Å². The van der Waals surface area contributed by atoms with Gasteiger partial charge >= 0.3 is 0 Å². The van der Waals surface area contributed by atoms with Gasteiger partial charge < -0.3 is 4.90 Å². The fourth-order valence-electron chi connectivity index (χ4n) is 4.13. The molecule has 0 spiro atoms. The Morgan fingerprint density at radius 2 is 1.47 bits per heavy atom. The zero-order chi connectivity index (χ0) is 23.7. The van der Waals surface area contributed by atoms with Crippen molar-refractivity contribution in [3.05, 3.63) is 94.2 Å². The summed E-state index contributed by atoms with van der Waals surface area (Å²) in [7, 11) is -3.58. The standard InChI is InChI=1S/C25H22Cl2N4O2S/c26-19-6-9-21(10-7-19)34(32,33)31-14-12-30(13-15-31)25-22-11-8-20(27)17-23(22)28-24(29-25)16-18-4-2-1-3-5-18/h1-11,17H,12-16H2. The molecule has 0 atom stereocenters. The lowest BCUT2D eigenvalue weighted by Gasteiger charge is -2.35. The highest BCUT2D eigenvalue weighted by Crippen LogP contribution is 2.29. The van der Waals surface area contributed by atoms with Gasteiger partial charge in [0.25, 0.3) is 0 Å². The Kier molecular flexibility index (Phi) is 6.44. The van der Waals surface area contributed by atoms with E-state index in [1.165, 1.54) is 4.31 Å². The van der Waals surface area contributed by atoms with E-state index >= 15 is 0 Å². The van der Waals surface area contributed by atoms with E-state index in [0.717, 1.165) is 22.3 Å². The largest absolute Gasteiger partial charge is 0.353 e. The quantitative estimate of drug-likeness (QED) is 0.374. The number of piperazine rings is 1. The highest BCUT2D eigenvalue weighted by molar-refractivity contribution is 7.89. The molecule has 1 aliphatic heterocycles. The summed E-state index contributed by atoms with van der Waals surface area (Å²) in [5, 5.41) is 2.02. The van der Waals surface area contributed by atoms with E-state index in [2.05, 4.69) is 4.90 Å². The van der Waals surface area contributed by atoms with Crippen LogP contribution in [-0.2, 0) is 16.4 Å². The predicted molar refractivity (Wildman–Crippen MR) is 136 cm³/mol. The number of fused-ring (bicyclic) bond motifs is 1. The first-order valence-corrected chi connectivity index (χ1v) is 13.1. The van der Waals surface area contributed by atoms with E-state index in [-0.39, 0.29) is 4.90 Å². The van der Waals surface area contributed by atoms with Gasteiger partial charge in [0.05, 0.1) is 10.4 Å². The van der Waals surface area contributed by atoms with Gasteiger partial charge in [0.1, 0.15) is 11.6 Å². The molecular weight excluding hydrogens is 491 g/mol. The van der Waals surface area contributed by atoms with Gasteiger partial charge in [-0.3, -0.25) is 0 Å². The van der Waals surface area contributed by atoms with Gasteiger partial charge in [-0.25, -0.2) is 18.4 Å². The van der Waals surface area contributed by atoms with Crippen molar-refractivity contribution >= 4 is 49.9 Å². The monoisotopic (exact) mass is 512 g/mol. The minimum Gasteiger partial charge on any atom is -0.353 e. The third-order valence-corrected chi connectivity index (χ3v) is 8.28. The minimum absolute atomic E-state index is 0.248. The zero-order valence-corrected chi connectivity index (χ0v) is 20.6. The van der Waals surface area contributed by atoms with Crippen LogP contribution in [0.4, 0.5) is 5.82 Å². The summed E-state index contributed by atoms with van der Waals surface area (Å²) in [5.74, 6) is 1.50. The van der Waals surface area contributed by atoms with Gasteiger partial charge in [-0.2, -0.15) is 4.31 Å². The number of sulfonamides is 1. The Hall–Kier alpha value is -2.71. The second-order valence-corrected chi connectivity index (χ2v) is 10.9. The van der Waals surface area contributed by atoms with Crippen LogP contribution in [0.2, 0.25) is 10.0 Å². The summed E-state index contributed by atoms with van der Waals surface area (Å²) in [6.07, 6.45) is 0.598. The van der Waals surface area contributed by atoms with Crippen LogP contribution in [0.1, 0.15) is 11.4 Å². The van der Waals surface area contributed by atoms with Gasteiger partial charge in [-0.15, -0.1) is 0 Å². The summed E-state index contributed by atoms with van der Waals surface area (Å²) < 4.78 is 27.7. The summed E-state index contributed by atoms with van der Waals surface area (Å²) in [5.41, 5.74) is 1.90. The Morgan fingerprint density at radius 3 is 2.18 bits per heavy atom. The molecule has 0 aliphatic carbocycles. The molecule has 6 nitrogen and oxygen atoms in total. The van der Waals surface area contributed by atoms with Crippen LogP contribution >= 0.6 is 23.2 Å². The third kappa shape index (κ3) is 4.74. The number of nitrogens with zero attached hydrogens (tertiary/aromatic N) is 4. The van der Waals surface area contributed by atoms with Crippen LogP contribution in [0.15, 0.2) is 77.7 Å². The first-order chi connectivity index (χ1) is 16.4. The summed E-state index contributed by atoms with van der Waals surface area (Å²) in [4.78, 5) is 12.0. The van der Waals surface area contributed by atoms with Crippen LogP contribution in [0.3, 0.4) is 0 Å². The molecule has 2 heterocycles. The van der Waals surface area contributed by atoms with E-state index in [1.54, 1.807) is 24.3 Å². The number of anilines is 1. The van der Waals surface area contributed by atoms with E-state index in [9.17, 15) is 8.42 Å². The Morgan fingerprint density at radius 1 is 0.794 bits per heavy atom. The van der Waals surface area contributed by atoms with Gasteiger partial charge in [0, 0.05) is 48.0 Å². The van der Waals surface area contributed by atoms with Gasteiger partial charge in [-0.1, -0.05) is 53.5 Å². The molecule has 4 aromatic rings. The first kappa shape index (κ1) is 23.1. The Balaban J connectivity index is 1.42. The van der Waals surface area contributed by atoms with Crippen molar-refractivity contribution in [1.29, 1.82) is 0 Å². The zero-order valence-electron chi connectivity index (χ0n) is 18.2. The summed E-state index contributed by atoms with van der Waals surface area (Å²) in [6, 6.07) is 21.9. The van der Waals surface area contributed by atoms with Crippen LogP contribution in [0, 0.1) is 0 Å². The second-order valence-electron chi connectivity index (χ2n) is 8.13. The molecule has 9 heteroatoms. The fourth-order valence-corrected chi connectivity index (χ4v) is 5.84. The molecule has 34 heavy (non-hydrogen) atoms. The second kappa shape index (κ2) is 9.50. The third-order valence-electron chi connectivity index (χ3n) is 5.88. The normalized spacial score (nSPS) is 15.1. The number of hydrogen-bond acceptors (Lipinski definition) is 5. The van der Waals surface area contributed by atoms with Crippen molar-refractivity contribution in [1.82, 2.24) is 14.3 Å². The lowest BCUT2D eigenvalue weighted by Crippen LogP contribution is -2.49. The van der Waals surface area contributed by atoms with Crippen LogP contribution < -0.4 is 4.90 Å². The van der Waals surface area contributed by atoms with Crippen molar-refractivity contribution in [3.8, 4) is 0 Å². The van der Waals surface area contributed by atoms with Crippen LogP contribution in [0.25, 0.3) is 10.9 Å². The lowest BCUT2D eigenvalue weighted by atomic mass is 10.1. The SMILES string of the molecule is O=S(=O)(c1ccc(Cl)cc1)N1CCN(c2nc(Cc3ccccc3)nc3cc(Cl)ccc23)CC1. The number of hydrogen-bond donors (Lipinski definition) is 0. The van der Waals surface area contributed by atoms with Gasteiger partial charge in [0.2, 0.25) is 10.0 Å². The highest BCUT2D eigenvalue weighted by Gasteiger charge is 2.29. The van der Waals surface area contributed by atoms with E-state index in [4.69, 9.17) is 33.2 Å². The van der Waals surface area contributed by atoms with Crippen LogP contribution in [0.5, 0.6) is 0 Å². The molecule has 174 valence electrons. The van der Waals surface area contributed by atoms with E-state index in [1.807, 2.05) is 48.5 Å². The predicted octanol–water partition coefficient (Wildman–Crippen LogP) is 5.04. The van der Waals surface area contributed by atoms with Crippen molar-refractivity contribution in [2.75, 3.05) is 31.1 Å². The molecule has 0 radical (unpaired) electrons. The van der Waals surface area contributed by atoms with Crippen molar-refractivity contribution in [2.45, 2.75) is 11.3 Å². The topological polar surface area (TPSA) is 66.4 Å². The molecule has 3 aromatic carbocycles. The van der Waals surface area contributed by atoms with E-state index in [0.29, 0.717) is 48.5 Å². The molecule has 1 aromatic heterocycles. The maximum Gasteiger partial charge on any atom is 0.243 e. The molecule has 0 amide bonds. The summed E-state index contributed by atoms with van der Waals surface area (Å²) >= 11 is 12.2. The minimum atomic E-state index is -3.58. The van der Waals surface area contributed by atoms with Crippen molar-refractivity contribution in [2.24, 2.45) is 0 Å². The molecule has 1 fully saturated rings. The van der Waals surface area contributed by atoms with E-state index < -0.39 is 10.0 Å². The Labute approximate surface area is 208 Å². The molecular formula is C25H22Cl2N4O2S. The summed E-state index contributed by atoms with van der Waals surface area (Å²) in [6.45, 7) is 1.76. The molecule has 0 N–H and O–H groups in total. The molecule has 0 saturated carbocycles. The molecule has 1 saturated heterocycles. The highest BCUT2D eigenvalue weighted by atomic mass is 35.5.